The zero-order chi connectivity index (χ0) is 20.8. The zero-order valence-corrected chi connectivity index (χ0v) is 17.3. The van der Waals surface area contributed by atoms with Crippen LogP contribution in [-0.4, -0.2) is 11.1 Å². The molecule has 0 spiro atoms. The first-order valence-electron chi connectivity index (χ1n) is 8.89. The van der Waals surface area contributed by atoms with Gasteiger partial charge in [-0.15, -0.1) is 0 Å². The predicted octanol–water partition coefficient (Wildman–Crippen LogP) is 6.10. The van der Waals surface area contributed by atoms with Gasteiger partial charge in [0.05, 0.1) is 21.7 Å². The highest BCUT2D eigenvalue weighted by molar-refractivity contribution is 9.10. The lowest BCUT2D eigenvalue weighted by atomic mass is 10.0. The summed E-state index contributed by atoms with van der Waals surface area (Å²) in [6.45, 7) is 2.26. The van der Waals surface area contributed by atoms with Gasteiger partial charge in [-0.1, -0.05) is 48.0 Å². The van der Waals surface area contributed by atoms with Crippen LogP contribution in [0.3, 0.4) is 0 Å². The average molecular weight is 448 g/mol. The highest BCUT2D eigenvalue weighted by Crippen LogP contribution is 2.29. The summed E-state index contributed by atoms with van der Waals surface area (Å²) < 4.78 is 6.57. The van der Waals surface area contributed by atoms with Crippen molar-refractivity contribution in [1.82, 2.24) is 0 Å². The number of carboxylic acid groups (broad SMARTS) is 1. The minimum atomic E-state index is -0.967. The summed E-state index contributed by atoms with van der Waals surface area (Å²) in [5.41, 5.74) is 4.46. The second-order valence-corrected chi connectivity index (χ2v) is 7.37. The standard InChI is InChI=1S/C24H18BrNO3/c1-16-5-8-19(9-6-16)21(14-26)11-17-7-10-23(22(25)13-17)29-15-18-3-2-4-20(12-18)24(27)28/h2-13H,15H2,1H3,(H,27,28)/b21-11-. The van der Waals surface area contributed by atoms with Crippen molar-refractivity contribution in [2.45, 2.75) is 13.5 Å². The van der Waals surface area contributed by atoms with Gasteiger partial charge in [0.2, 0.25) is 0 Å². The second-order valence-electron chi connectivity index (χ2n) is 6.52. The lowest BCUT2D eigenvalue weighted by Crippen LogP contribution is -2.00. The van der Waals surface area contributed by atoms with Crippen LogP contribution in [0.1, 0.15) is 32.6 Å². The first-order chi connectivity index (χ1) is 14.0. The van der Waals surface area contributed by atoms with Gasteiger partial charge in [-0.05, 0) is 69.9 Å². The van der Waals surface area contributed by atoms with Gasteiger partial charge in [-0.25, -0.2) is 4.79 Å². The number of benzene rings is 3. The van der Waals surface area contributed by atoms with E-state index in [4.69, 9.17) is 9.84 Å². The molecule has 0 amide bonds. The highest BCUT2D eigenvalue weighted by atomic mass is 79.9. The molecule has 0 radical (unpaired) electrons. The van der Waals surface area contributed by atoms with Crippen molar-refractivity contribution < 1.29 is 14.6 Å². The van der Waals surface area contributed by atoms with Crippen molar-refractivity contribution in [3.63, 3.8) is 0 Å². The number of hydrogen-bond acceptors (Lipinski definition) is 3. The Hall–Kier alpha value is -3.36. The van der Waals surface area contributed by atoms with Gasteiger partial charge in [0.25, 0.3) is 0 Å². The van der Waals surface area contributed by atoms with Gasteiger partial charge < -0.3 is 9.84 Å². The van der Waals surface area contributed by atoms with Gasteiger partial charge in [-0.2, -0.15) is 5.26 Å². The topological polar surface area (TPSA) is 70.3 Å². The van der Waals surface area contributed by atoms with E-state index < -0.39 is 5.97 Å². The Morgan fingerprint density at radius 1 is 1.10 bits per heavy atom. The van der Waals surface area contributed by atoms with Crippen molar-refractivity contribution >= 4 is 33.5 Å². The van der Waals surface area contributed by atoms with E-state index in [1.165, 1.54) is 0 Å². The molecule has 0 aromatic heterocycles. The van der Waals surface area contributed by atoms with Crippen LogP contribution in [-0.2, 0) is 6.61 Å². The van der Waals surface area contributed by atoms with Crippen LogP contribution in [0.4, 0.5) is 0 Å². The van der Waals surface area contributed by atoms with Crippen LogP contribution in [0.15, 0.2) is 71.2 Å². The number of aryl methyl sites for hydroxylation is 1. The smallest absolute Gasteiger partial charge is 0.335 e. The Morgan fingerprint density at radius 2 is 1.86 bits per heavy atom. The molecule has 3 aromatic carbocycles. The molecule has 144 valence electrons. The third-order valence-corrected chi connectivity index (χ3v) is 4.94. The average Bonchev–Trinajstić information content (AvgIpc) is 2.72. The molecule has 0 saturated heterocycles. The number of carboxylic acids is 1. The van der Waals surface area contributed by atoms with Gasteiger partial charge in [0.1, 0.15) is 12.4 Å². The van der Waals surface area contributed by atoms with Crippen molar-refractivity contribution in [2.75, 3.05) is 0 Å². The maximum absolute atomic E-state index is 11.1. The summed E-state index contributed by atoms with van der Waals surface area (Å²) in [6.07, 6.45) is 1.83. The zero-order valence-electron chi connectivity index (χ0n) is 15.7. The Bertz CT molecular complexity index is 1110. The molecular formula is C24H18BrNO3. The van der Waals surface area contributed by atoms with E-state index in [9.17, 15) is 10.1 Å². The minimum Gasteiger partial charge on any atom is -0.488 e. The number of nitriles is 1. The molecule has 0 aliphatic carbocycles. The lowest BCUT2D eigenvalue weighted by Gasteiger charge is -2.10. The Labute approximate surface area is 177 Å². The van der Waals surface area contributed by atoms with Crippen LogP contribution in [0, 0.1) is 18.3 Å². The van der Waals surface area contributed by atoms with E-state index in [-0.39, 0.29) is 12.2 Å². The van der Waals surface area contributed by atoms with Gasteiger partial charge in [0, 0.05) is 0 Å². The molecule has 0 atom stereocenters. The number of hydrogen-bond donors (Lipinski definition) is 1. The quantitative estimate of drug-likeness (QED) is 0.366. The summed E-state index contributed by atoms with van der Waals surface area (Å²) in [5, 5.41) is 18.6. The van der Waals surface area contributed by atoms with E-state index >= 15 is 0 Å². The van der Waals surface area contributed by atoms with E-state index in [1.807, 2.05) is 61.5 Å². The number of nitrogens with zero attached hydrogens (tertiary/aromatic N) is 1. The molecule has 0 bridgehead atoms. The van der Waals surface area contributed by atoms with E-state index in [2.05, 4.69) is 22.0 Å². The second kappa shape index (κ2) is 9.22. The summed E-state index contributed by atoms with van der Waals surface area (Å²) in [5.74, 6) is -0.331. The van der Waals surface area contributed by atoms with Gasteiger partial charge >= 0.3 is 5.97 Å². The molecule has 29 heavy (non-hydrogen) atoms. The molecule has 0 fully saturated rings. The molecule has 0 unspecified atom stereocenters. The van der Waals surface area contributed by atoms with E-state index in [1.54, 1.807) is 18.2 Å². The summed E-state index contributed by atoms with van der Waals surface area (Å²) in [6, 6.07) is 22.3. The fourth-order valence-corrected chi connectivity index (χ4v) is 3.27. The summed E-state index contributed by atoms with van der Waals surface area (Å²) >= 11 is 3.50. The first kappa shape index (κ1) is 20.4. The molecule has 3 aromatic rings. The van der Waals surface area contributed by atoms with Crippen molar-refractivity contribution in [3.8, 4) is 11.8 Å². The minimum absolute atomic E-state index is 0.228. The van der Waals surface area contributed by atoms with Gasteiger partial charge in [-0.3, -0.25) is 0 Å². The Kier molecular flexibility index (Phi) is 6.48. The summed E-state index contributed by atoms with van der Waals surface area (Å²) in [4.78, 5) is 11.1. The third-order valence-electron chi connectivity index (χ3n) is 4.32. The number of rotatable bonds is 6. The van der Waals surface area contributed by atoms with E-state index in [0.717, 1.165) is 26.7 Å². The number of halogens is 1. The lowest BCUT2D eigenvalue weighted by molar-refractivity contribution is 0.0696. The fraction of sp³-hybridized carbons (Fsp3) is 0.0833. The normalized spacial score (nSPS) is 11.0. The highest BCUT2D eigenvalue weighted by Gasteiger charge is 2.07. The number of aromatic carboxylic acids is 1. The number of carbonyl (C=O) groups is 1. The third kappa shape index (κ3) is 5.34. The van der Waals surface area contributed by atoms with Crippen LogP contribution in [0.25, 0.3) is 11.6 Å². The maximum Gasteiger partial charge on any atom is 0.335 e. The molecular weight excluding hydrogens is 430 g/mol. The molecule has 0 heterocycles. The molecule has 5 heteroatoms. The number of allylic oxidation sites excluding steroid dienone is 1. The van der Waals surface area contributed by atoms with Crippen molar-refractivity contribution in [2.24, 2.45) is 0 Å². The van der Waals surface area contributed by atoms with Crippen molar-refractivity contribution in [1.29, 1.82) is 5.26 Å². The monoisotopic (exact) mass is 447 g/mol. The van der Waals surface area contributed by atoms with E-state index in [0.29, 0.717) is 11.3 Å². The molecule has 0 aliphatic rings. The van der Waals surface area contributed by atoms with Crippen LogP contribution < -0.4 is 4.74 Å². The largest absolute Gasteiger partial charge is 0.488 e. The predicted molar refractivity (Wildman–Crippen MR) is 117 cm³/mol. The SMILES string of the molecule is Cc1ccc(/C(C#N)=C\c2ccc(OCc3cccc(C(=O)O)c3)c(Br)c2)cc1. The fourth-order valence-electron chi connectivity index (χ4n) is 2.76. The molecule has 3 rings (SSSR count). The molecule has 0 saturated carbocycles. The number of ether oxygens (including phenoxy) is 1. The molecule has 0 aliphatic heterocycles. The maximum atomic E-state index is 11.1. The molecule has 4 nitrogen and oxygen atoms in total. The van der Waals surface area contributed by atoms with Crippen LogP contribution >= 0.6 is 15.9 Å². The van der Waals surface area contributed by atoms with Crippen LogP contribution in [0.2, 0.25) is 0 Å². The van der Waals surface area contributed by atoms with Gasteiger partial charge in [0.15, 0.2) is 0 Å². The van der Waals surface area contributed by atoms with Crippen LogP contribution in [0.5, 0.6) is 5.75 Å². The van der Waals surface area contributed by atoms with Crippen molar-refractivity contribution in [3.05, 3.63) is 99.0 Å². The first-order valence-corrected chi connectivity index (χ1v) is 9.69. The molecule has 1 N–H and O–H groups in total. The Balaban J connectivity index is 1.76. The summed E-state index contributed by atoms with van der Waals surface area (Å²) in [7, 11) is 0. The Morgan fingerprint density at radius 3 is 2.52 bits per heavy atom.